The zero-order chi connectivity index (χ0) is 20.4. The number of thiazole rings is 1. The lowest BCUT2D eigenvalue weighted by atomic mass is 10.0. The zero-order valence-corrected chi connectivity index (χ0v) is 16.8. The van der Waals surface area contributed by atoms with Crippen LogP contribution in [0.1, 0.15) is 23.3 Å². The number of hydrogen-bond acceptors (Lipinski definition) is 4. The Hall–Kier alpha value is -2.80. The summed E-state index contributed by atoms with van der Waals surface area (Å²) in [6.07, 6.45) is 1.65. The van der Waals surface area contributed by atoms with Crippen molar-refractivity contribution in [1.29, 1.82) is 0 Å². The van der Waals surface area contributed by atoms with Crippen molar-refractivity contribution in [2.24, 2.45) is 0 Å². The number of anilines is 1. The highest BCUT2D eigenvalue weighted by Gasteiger charge is 2.27. The molecule has 1 fully saturated rings. The molecule has 0 N–H and O–H groups in total. The van der Waals surface area contributed by atoms with Gasteiger partial charge in [0.1, 0.15) is 22.3 Å². The van der Waals surface area contributed by atoms with Gasteiger partial charge in [-0.25, -0.2) is 13.8 Å². The van der Waals surface area contributed by atoms with E-state index < -0.39 is 0 Å². The normalized spacial score (nSPS) is 14.8. The van der Waals surface area contributed by atoms with Crippen LogP contribution in [0.3, 0.4) is 0 Å². The Morgan fingerprint density at radius 1 is 1.10 bits per heavy atom. The van der Waals surface area contributed by atoms with E-state index in [1.165, 1.54) is 29.5 Å². The van der Waals surface area contributed by atoms with Crippen LogP contribution in [0.2, 0.25) is 0 Å². The summed E-state index contributed by atoms with van der Waals surface area (Å²) < 4.78 is 27.1. The van der Waals surface area contributed by atoms with Gasteiger partial charge < -0.3 is 9.80 Å². The highest BCUT2D eigenvalue weighted by atomic mass is 32.1. The molecule has 1 aromatic heterocycles. The minimum atomic E-state index is -0.345. The number of nitrogens with zero attached hydrogens (tertiary/aromatic N) is 3. The molecule has 2 heterocycles. The minimum absolute atomic E-state index is 0.109. The molecule has 4 nitrogen and oxygen atoms in total. The second-order valence-electron chi connectivity index (χ2n) is 7.13. The van der Waals surface area contributed by atoms with Gasteiger partial charge >= 0.3 is 0 Å². The molecule has 1 aliphatic heterocycles. The van der Waals surface area contributed by atoms with E-state index in [9.17, 15) is 13.6 Å². The third-order valence-electron chi connectivity index (χ3n) is 5.35. The minimum Gasteiger partial charge on any atom is -0.371 e. The summed E-state index contributed by atoms with van der Waals surface area (Å²) >= 11 is 1.27. The van der Waals surface area contributed by atoms with Crippen molar-refractivity contribution in [1.82, 2.24) is 9.88 Å². The first-order valence-electron chi connectivity index (χ1n) is 9.51. The molecule has 0 bridgehead atoms. The molecule has 0 aliphatic carbocycles. The van der Waals surface area contributed by atoms with Gasteiger partial charge in [-0.2, -0.15) is 0 Å². The second kappa shape index (κ2) is 8.29. The predicted octanol–water partition coefficient (Wildman–Crippen LogP) is 4.83. The first kappa shape index (κ1) is 19.5. The smallest absolute Gasteiger partial charge is 0.273 e. The van der Waals surface area contributed by atoms with Gasteiger partial charge in [0.25, 0.3) is 5.91 Å². The predicted molar refractivity (Wildman–Crippen MR) is 111 cm³/mol. The second-order valence-corrected chi connectivity index (χ2v) is 7.99. The Morgan fingerprint density at radius 2 is 1.79 bits per heavy atom. The number of rotatable bonds is 4. The average Bonchev–Trinajstić information content (AvgIpc) is 3.24. The van der Waals surface area contributed by atoms with Gasteiger partial charge in [0.05, 0.1) is 0 Å². The maximum atomic E-state index is 14.0. The van der Waals surface area contributed by atoms with Crippen LogP contribution in [0.5, 0.6) is 0 Å². The monoisotopic (exact) mass is 413 g/mol. The summed E-state index contributed by atoms with van der Waals surface area (Å²) in [6, 6.07) is 13.0. The van der Waals surface area contributed by atoms with Crippen LogP contribution in [0.4, 0.5) is 14.5 Å². The molecule has 2 aromatic carbocycles. The number of amides is 1. The van der Waals surface area contributed by atoms with Gasteiger partial charge in [0, 0.05) is 42.8 Å². The van der Waals surface area contributed by atoms with Gasteiger partial charge in [0.15, 0.2) is 0 Å². The van der Waals surface area contributed by atoms with Crippen molar-refractivity contribution in [2.45, 2.75) is 18.9 Å². The van der Waals surface area contributed by atoms with Crippen LogP contribution in [-0.2, 0) is 0 Å². The van der Waals surface area contributed by atoms with E-state index in [1.54, 1.807) is 47.7 Å². The van der Waals surface area contributed by atoms with Crippen LogP contribution in [0.15, 0.2) is 53.9 Å². The molecular weight excluding hydrogens is 392 g/mol. The van der Waals surface area contributed by atoms with Crippen LogP contribution < -0.4 is 4.90 Å². The van der Waals surface area contributed by atoms with Crippen molar-refractivity contribution in [3.05, 3.63) is 71.2 Å². The summed E-state index contributed by atoms with van der Waals surface area (Å²) in [4.78, 5) is 21.2. The Labute approximate surface area is 172 Å². The zero-order valence-electron chi connectivity index (χ0n) is 16.0. The number of halogens is 2. The van der Waals surface area contributed by atoms with E-state index in [1.807, 2.05) is 0 Å². The van der Waals surface area contributed by atoms with Gasteiger partial charge in [-0.05, 0) is 49.2 Å². The summed E-state index contributed by atoms with van der Waals surface area (Å²) in [7, 11) is 1.79. The number of carbonyl (C=O) groups excluding carboxylic acids is 1. The maximum Gasteiger partial charge on any atom is 0.273 e. The lowest BCUT2D eigenvalue weighted by molar-refractivity contribution is 0.0704. The summed E-state index contributed by atoms with van der Waals surface area (Å²) in [5.41, 5.74) is 1.75. The number of benzene rings is 2. The summed E-state index contributed by atoms with van der Waals surface area (Å²) in [6.45, 7) is 1.59. The Morgan fingerprint density at radius 3 is 2.48 bits per heavy atom. The topological polar surface area (TPSA) is 36.4 Å². The molecule has 7 heteroatoms. The Balaban J connectivity index is 1.40. The Kier molecular flexibility index (Phi) is 5.58. The van der Waals surface area contributed by atoms with Crippen molar-refractivity contribution >= 4 is 22.9 Å². The molecule has 0 spiro atoms. The van der Waals surface area contributed by atoms with Crippen molar-refractivity contribution in [3.8, 4) is 10.6 Å². The lowest BCUT2D eigenvalue weighted by Crippen LogP contribution is -2.45. The molecule has 1 amide bonds. The van der Waals surface area contributed by atoms with E-state index in [4.69, 9.17) is 0 Å². The van der Waals surface area contributed by atoms with Gasteiger partial charge in [0.2, 0.25) is 0 Å². The van der Waals surface area contributed by atoms with E-state index in [0.29, 0.717) is 16.3 Å². The van der Waals surface area contributed by atoms with Crippen molar-refractivity contribution in [3.63, 3.8) is 0 Å². The fraction of sp³-hybridized carbons (Fsp3) is 0.273. The van der Waals surface area contributed by atoms with Crippen LogP contribution in [0.25, 0.3) is 10.6 Å². The third kappa shape index (κ3) is 4.15. The van der Waals surface area contributed by atoms with Crippen LogP contribution in [0, 0.1) is 11.6 Å². The van der Waals surface area contributed by atoms with Crippen molar-refractivity contribution < 1.29 is 13.6 Å². The molecule has 150 valence electrons. The largest absolute Gasteiger partial charge is 0.371 e. The van der Waals surface area contributed by atoms with E-state index in [0.717, 1.165) is 31.6 Å². The third-order valence-corrected chi connectivity index (χ3v) is 6.23. The first-order chi connectivity index (χ1) is 14.0. The van der Waals surface area contributed by atoms with Crippen molar-refractivity contribution in [2.75, 3.05) is 25.0 Å². The van der Waals surface area contributed by atoms with Gasteiger partial charge in [-0.15, -0.1) is 11.3 Å². The fourth-order valence-corrected chi connectivity index (χ4v) is 4.46. The molecule has 1 saturated heterocycles. The maximum absolute atomic E-state index is 14.0. The SMILES string of the molecule is CN(C(=O)c1csc(-c2ccccc2F)n1)C1CCN(c2ccc(F)cc2)CC1. The number of hydrogen-bond donors (Lipinski definition) is 0. The quantitative estimate of drug-likeness (QED) is 0.615. The molecule has 29 heavy (non-hydrogen) atoms. The standard InChI is InChI=1S/C22H21F2N3OS/c1-26(16-10-12-27(13-11-16)17-8-6-15(23)7-9-17)22(28)20-14-29-21(25-20)18-4-2-3-5-19(18)24/h2-9,14,16H,10-13H2,1H3. The van der Waals surface area contributed by atoms with Crippen LogP contribution >= 0.6 is 11.3 Å². The molecule has 4 rings (SSSR count). The highest BCUT2D eigenvalue weighted by molar-refractivity contribution is 7.13. The van der Waals surface area contributed by atoms with E-state index in [-0.39, 0.29) is 23.6 Å². The molecule has 1 aliphatic rings. The summed E-state index contributed by atoms with van der Waals surface area (Å²) in [5.74, 6) is -0.738. The molecule has 0 unspecified atom stereocenters. The highest BCUT2D eigenvalue weighted by Crippen LogP contribution is 2.28. The number of carbonyl (C=O) groups is 1. The molecular formula is C22H21F2N3OS. The molecule has 3 aromatic rings. The molecule has 0 saturated carbocycles. The average molecular weight is 413 g/mol. The number of piperidine rings is 1. The fourth-order valence-electron chi connectivity index (χ4n) is 3.64. The lowest BCUT2D eigenvalue weighted by Gasteiger charge is -2.37. The summed E-state index contributed by atoms with van der Waals surface area (Å²) in [5, 5.41) is 2.19. The molecule has 0 radical (unpaired) electrons. The van der Waals surface area contributed by atoms with E-state index >= 15 is 0 Å². The first-order valence-corrected chi connectivity index (χ1v) is 10.4. The number of aromatic nitrogens is 1. The Bertz CT molecular complexity index is 997. The van der Waals surface area contributed by atoms with Gasteiger partial charge in [-0.1, -0.05) is 12.1 Å². The van der Waals surface area contributed by atoms with Crippen LogP contribution in [-0.4, -0.2) is 42.0 Å². The molecule has 0 atom stereocenters. The van der Waals surface area contributed by atoms with Gasteiger partial charge in [-0.3, -0.25) is 4.79 Å². The van der Waals surface area contributed by atoms with E-state index in [2.05, 4.69) is 9.88 Å².